The third-order valence-corrected chi connectivity index (χ3v) is 0.931. The first-order valence-electron chi connectivity index (χ1n) is 2.32. The van der Waals surface area contributed by atoms with Gasteiger partial charge in [0, 0.05) is 19.5 Å². The minimum atomic E-state index is 0. The summed E-state index contributed by atoms with van der Waals surface area (Å²) in [7, 11) is 0. The van der Waals surface area contributed by atoms with Gasteiger partial charge in [-0.2, -0.15) is 18.2 Å². The first kappa shape index (κ1) is 8.44. The van der Waals surface area contributed by atoms with Crippen molar-refractivity contribution in [1.82, 2.24) is 0 Å². The van der Waals surface area contributed by atoms with Crippen LogP contribution in [-0.4, -0.2) is 0 Å². The molecule has 1 rings (SSSR count). The first-order valence-corrected chi connectivity index (χ1v) is 2.32. The van der Waals surface area contributed by atoms with Crippen molar-refractivity contribution in [3.63, 3.8) is 0 Å². The van der Waals surface area contributed by atoms with E-state index in [0.29, 0.717) is 11.4 Å². The summed E-state index contributed by atoms with van der Waals surface area (Å²) >= 11 is 0. The van der Waals surface area contributed by atoms with Crippen molar-refractivity contribution in [2.45, 2.75) is 0 Å². The second-order valence-electron chi connectivity index (χ2n) is 1.56. The summed E-state index contributed by atoms with van der Waals surface area (Å²) < 4.78 is 0. The maximum absolute atomic E-state index is 5.37. The largest absolute Gasteiger partial charge is 0.448 e. The van der Waals surface area contributed by atoms with Crippen LogP contribution in [0.25, 0.3) is 0 Å². The fourth-order valence-corrected chi connectivity index (χ4v) is 0.455. The van der Waals surface area contributed by atoms with Crippen molar-refractivity contribution < 1.29 is 19.5 Å². The summed E-state index contributed by atoms with van der Waals surface area (Å²) in [5.41, 5.74) is 11.9. The Kier molecular flexibility index (Phi) is 3.25. The topological polar surface area (TPSA) is 52.0 Å². The van der Waals surface area contributed by atoms with E-state index >= 15 is 0 Å². The Balaban J connectivity index is 0.000000640. The molecular formula is C6H7N2Zn-. The van der Waals surface area contributed by atoms with Crippen LogP contribution in [0.2, 0.25) is 0 Å². The molecule has 0 bridgehead atoms. The van der Waals surface area contributed by atoms with Gasteiger partial charge in [0.05, 0.1) is 0 Å². The van der Waals surface area contributed by atoms with E-state index in [2.05, 4.69) is 6.07 Å². The van der Waals surface area contributed by atoms with Crippen LogP contribution >= 0.6 is 0 Å². The van der Waals surface area contributed by atoms with Gasteiger partial charge < -0.3 is 11.5 Å². The molecule has 0 saturated heterocycles. The monoisotopic (exact) mass is 171 g/mol. The van der Waals surface area contributed by atoms with E-state index in [-0.39, 0.29) is 19.5 Å². The Morgan fingerprint density at radius 3 is 2.22 bits per heavy atom. The van der Waals surface area contributed by atoms with E-state index in [0.717, 1.165) is 0 Å². The molecule has 0 amide bonds. The van der Waals surface area contributed by atoms with Gasteiger partial charge in [0.2, 0.25) is 0 Å². The first-order chi connectivity index (χ1) is 3.80. The summed E-state index contributed by atoms with van der Waals surface area (Å²) in [5.74, 6) is 0. The second kappa shape index (κ2) is 3.47. The zero-order valence-electron chi connectivity index (χ0n) is 5.09. The van der Waals surface area contributed by atoms with Crippen molar-refractivity contribution in [2.24, 2.45) is 0 Å². The summed E-state index contributed by atoms with van der Waals surface area (Å²) in [6.45, 7) is 0. The predicted octanol–water partition coefficient (Wildman–Crippen LogP) is 0.649. The quantitative estimate of drug-likeness (QED) is 0.343. The predicted molar refractivity (Wildman–Crippen MR) is 34.1 cm³/mol. The SMILES string of the molecule is Nc1c[c-]ccc1N.[Zn]. The van der Waals surface area contributed by atoms with Crippen molar-refractivity contribution in [1.29, 1.82) is 0 Å². The van der Waals surface area contributed by atoms with E-state index in [1.807, 2.05) is 0 Å². The molecule has 0 radical (unpaired) electrons. The smallest absolute Gasteiger partial charge is 0 e. The molecule has 9 heavy (non-hydrogen) atoms. The van der Waals surface area contributed by atoms with Gasteiger partial charge in [0.25, 0.3) is 0 Å². The van der Waals surface area contributed by atoms with Crippen molar-refractivity contribution in [3.05, 3.63) is 24.3 Å². The Hall–Kier alpha value is -0.557. The van der Waals surface area contributed by atoms with Crippen LogP contribution in [0.5, 0.6) is 0 Å². The number of benzene rings is 1. The maximum Gasteiger partial charge on any atom is 0 e. The standard InChI is InChI=1S/C6H7N2.Zn/c7-5-3-1-2-4-6(5)8;/h1,3-4H,7-8H2;/q-1;. The van der Waals surface area contributed by atoms with Gasteiger partial charge in [0.1, 0.15) is 0 Å². The molecule has 0 aliphatic heterocycles. The molecule has 0 aromatic heterocycles. The Morgan fingerprint density at radius 1 is 1.22 bits per heavy atom. The van der Waals surface area contributed by atoms with Crippen LogP contribution in [0, 0.1) is 6.07 Å². The fourth-order valence-electron chi connectivity index (χ4n) is 0.455. The van der Waals surface area contributed by atoms with Gasteiger partial charge in [-0.05, 0) is 0 Å². The van der Waals surface area contributed by atoms with Gasteiger partial charge in [-0.1, -0.05) is 11.4 Å². The van der Waals surface area contributed by atoms with Crippen LogP contribution in [0.15, 0.2) is 18.2 Å². The summed E-state index contributed by atoms with van der Waals surface area (Å²) in [5, 5.41) is 0. The minimum Gasteiger partial charge on any atom is -0.448 e. The van der Waals surface area contributed by atoms with Crippen molar-refractivity contribution >= 4 is 11.4 Å². The Labute approximate surface area is 67.0 Å². The molecule has 0 aliphatic rings. The molecule has 44 valence electrons. The zero-order chi connectivity index (χ0) is 5.98. The summed E-state index contributed by atoms with van der Waals surface area (Å²) in [4.78, 5) is 0. The molecule has 0 heterocycles. The van der Waals surface area contributed by atoms with Crippen LogP contribution in [0.3, 0.4) is 0 Å². The number of nitrogens with two attached hydrogens (primary N) is 2. The molecular weight excluding hydrogens is 165 g/mol. The molecule has 0 aliphatic carbocycles. The van der Waals surface area contributed by atoms with Crippen LogP contribution in [0.4, 0.5) is 11.4 Å². The fraction of sp³-hybridized carbons (Fsp3) is 0. The normalized spacial score (nSPS) is 8.00. The van der Waals surface area contributed by atoms with E-state index in [9.17, 15) is 0 Å². The second-order valence-corrected chi connectivity index (χ2v) is 1.56. The van der Waals surface area contributed by atoms with Crippen LogP contribution in [-0.2, 0) is 19.5 Å². The molecule has 3 heteroatoms. The Morgan fingerprint density at radius 2 is 1.89 bits per heavy atom. The number of hydrogen-bond donors (Lipinski definition) is 2. The number of nitrogen functional groups attached to an aromatic ring is 2. The number of anilines is 2. The van der Waals surface area contributed by atoms with Gasteiger partial charge in [-0.3, -0.25) is 0 Å². The van der Waals surface area contributed by atoms with E-state index in [1.54, 1.807) is 18.2 Å². The average molecular weight is 173 g/mol. The third-order valence-electron chi connectivity index (χ3n) is 0.931. The van der Waals surface area contributed by atoms with E-state index in [4.69, 9.17) is 11.5 Å². The molecule has 0 atom stereocenters. The molecule has 0 saturated carbocycles. The van der Waals surface area contributed by atoms with Crippen LogP contribution in [0.1, 0.15) is 0 Å². The maximum atomic E-state index is 5.37. The molecule has 0 fully saturated rings. The number of hydrogen-bond acceptors (Lipinski definition) is 2. The molecule has 0 unspecified atom stereocenters. The van der Waals surface area contributed by atoms with Gasteiger partial charge in [0.15, 0.2) is 0 Å². The average Bonchev–Trinajstić information content (AvgIpc) is 1.77. The molecule has 2 nitrogen and oxygen atoms in total. The summed E-state index contributed by atoms with van der Waals surface area (Å²) in [6, 6.07) is 7.89. The van der Waals surface area contributed by atoms with Gasteiger partial charge in [-0.25, -0.2) is 0 Å². The zero-order valence-corrected chi connectivity index (χ0v) is 8.06. The minimum absolute atomic E-state index is 0. The van der Waals surface area contributed by atoms with E-state index < -0.39 is 0 Å². The molecule has 0 spiro atoms. The number of rotatable bonds is 0. The van der Waals surface area contributed by atoms with Crippen molar-refractivity contribution in [2.75, 3.05) is 11.5 Å². The molecule has 1 aromatic rings. The third kappa shape index (κ3) is 2.02. The van der Waals surface area contributed by atoms with E-state index in [1.165, 1.54) is 0 Å². The van der Waals surface area contributed by atoms with Crippen molar-refractivity contribution in [3.8, 4) is 0 Å². The molecule has 1 aromatic carbocycles. The van der Waals surface area contributed by atoms with Gasteiger partial charge >= 0.3 is 0 Å². The van der Waals surface area contributed by atoms with Gasteiger partial charge in [-0.15, -0.1) is 6.07 Å². The molecule has 4 N–H and O–H groups in total. The Bertz CT molecular complexity index is 167. The summed E-state index contributed by atoms with van der Waals surface area (Å²) in [6.07, 6.45) is 0. The van der Waals surface area contributed by atoms with Crippen LogP contribution < -0.4 is 11.5 Å².